The molecule has 1 amide bonds. The van der Waals surface area contributed by atoms with E-state index in [2.05, 4.69) is 0 Å². The Labute approximate surface area is 117 Å². The Kier molecular flexibility index (Phi) is 4.46. The summed E-state index contributed by atoms with van der Waals surface area (Å²) < 4.78 is 28.3. The fourth-order valence-corrected chi connectivity index (χ4v) is 4.05. The number of rotatable bonds is 5. The number of sulfone groups is 1. The predicted octanol–water partition coefficient (Wildman–Crippen LogP) is -0.640. The maximum Gasteiger partial charge on any atom is 0.289 e. The van der Waals surface area contributed by atoms with Gasteiger partial charge >= 0.3 is 0 Å². The molecule has 0 bridgehead atoms. The number of carbonyl (C=O) groups is 1. The molecule has 0 spiro atoms. The molecule has 1 fully saturated rings. The van der Waals surface area contributed by atoms with Crippen LogP contribution in [-0.4, -0.2) is 55.0 Å². The van der Waals surface area contributed by atoms with Crippen molar-refractivity contribution in [1.29, 1.82) is 0 Å². The van der Waals surface area contributed by atoms with E-state index in [1.165, 1.54) is 11.0 Å². The summed E-state index contributed by atoms with van der Waals surface area (Å²) in [7, 11) is -3.10. The second-order valence-corrected chi connectivity index (χ2v) is 6.98. The summed E-state index contributed by atoms with van der Waals surface area (Å²) >= 11 is 0. The lowest BCUT2D eigenvalue weighted by Gasteiger charge is -2.26. The smallest absolute Gasteiger partial charge is 0.289 e. The highest BCUT2D eigenvalue weighted by Gasteiger charge is 2.35. The summed E-state index contributed by atoms with van der Waals surface area (Å²) in [6.45, 7) is 0.0372. The molecule has 3 N–H and O–H groups in total. The summed E-state index contributed by atoms with van der Waals surface area (Å²) in [6.07, 6.45) is 0.387. The second kappa shape index (κ2) is 5.94. The highest BCUT2D eigenvalue weighted by molar-refractivity contribution is 7.91. The first-order valence-corrected chi connectivity index (χ1v) is 8.20. The van der Waals surface area contributed by atoms with E-state index in [1.54, 1.807) is 6.07 Å². The summed E-state index contributed by atoms with van der Waals surface area (Å²) in [4.78, 5) is 13.7. The molecule has 1 aliphatic rings. The van der Waals surface area contributed by atoms with Gasteiger partial charge in [-0.2, -0.15) is 0 Å². The molecule has 1 aromatic heterocycles. The summed E-state index contributed by atoms with van der Waals surface area (Å²) in [5.41, 5.74) is 5.42. The number of furan rings is 1. The van der Waals surface area contributed by atoms with Crippen LogP contribution in [0, 0.1) is 0 Å². The molecule has 1 unspecified atom stereocenters. The van der Waals surface area contributed by atoms with E-state index in [0.29, 0.717) is 12.2 Å². The zero-order valence-electron chi connectivity index (χ0n) is 11.0. The molecular weight excluding hydrogens is 284 g/mol. The number of amides is 1. The highest BCUT2D eigenvalue weighted by atomic mass is 32.2. The molecule has 112 valence electrons. The van der Waals surface area contributed by atoms with Gasteiger partial charge < -0.3 is 20.2 Å². The summed E-state index contributed by atoms with van der Waals surface area (Å²) in [5.74, 6) is 0.183. The van der Waals surface area contributed by atoms with E-state index in [9.17, 15) is 13.2 Å². The summed E-state index contributed by atoms with van der Waals surface area (Å²) in [5, 5.41) is 9.08. The highest BCUT2D eigenvalue weighted by Crippen LogP contribution is 2.20. The van der Waals surface area contributed by atoms with Crippen LogP contribution < -0.4 is 5.73 Å². The molecule has 1 saturated heterocycles. The maximum atomic E-state index is 12.3. The maximum absolute atomic E-state index is 12.3. The molecule has 2 heterocycles. The van der Waals surface area contributed by atoms with Gasteiger partial charge in [-0.15, -0.1) is 0 Å². The first kappa shape index (κ1) is 15.0. The first-order valence-electron chi connectivity index (χ1n) is 6.38. The van der Waals surface area contributed by atoms with Crippen molar-refractivity contribution in [1.82, 2.24) is 4.90 Å². The van der Waals surface area contributed by atoms with Crippen molar-refractivity contribution >= 4 is 15.7 Å². The zero-order chi connectivity index (χ0) is 14.8. The number of hydrogen-bond acceptors (Lipinski definition) is 6. The largest absolute Gasteiger partial charge is 0.455 e. The van der Waals surface area contributed by atoms with Gasteiger partial charge in [-0.05, 0) is 18.6 Å². The van der Waals surface area contributed by atoms with Gasteiger partial charge in [0.2, 0.25) is 0 Å². The van der Waals surface area contributed by atoms with Crippen molar-refractivity contribution in [3.05, 3.63) is 23.7 Å². The number of nitrogens with two attached hydrogens (primary N) is 1. The lowest BCUT2D eigenvalue weighted by molar-refractivity contribution is 0.0621. The lowest BCUT2D eigenvalue weighted by atomic mass is 10.2. The van der Waals surface area contributed by atoms with E-state index in [1.807, 2.05) is 0 Å². The quantitative estimate of drug-likeness (QED) is 0.748. The molecule has 0 aromatic carbocycles. The number of hydrogen-bond donors (Lipinski definition) is 2. The zero-order valence-corrected chi connectivity index (χ0v) is 11.8. The number of aliphatic hydroxyl groups is 1. The Morgan fingerprint density at radius 1 is 1.50 bits per heavy atom. The molecule has 0 aliphatic carbocycles. The van der Waals surface area contributed by atoms with Crippen LogP contribution in [0.1, 0.15) is 22.7 Å². The van der Waals surface area contributed by atoms with Gasteiger partial charge in [-0.3, -0.25) is 4.79 Å². The Morgan fingerprint density at radius 3 is 2.75 bits per heavy atom. The average molecular weight is 302 g/mol. The molecule has 7 nitrogen and oxygen atoms in total. The van der Waals surface area contributed by atoms with Crippen molar-refractivity contribution in [2.24, 2.45) is 5.73 Å². The van der Waals surface area contributed by atoms with Gasteiger partial charge in [-0.25, -0.2) is 8.42 Å². The van der Waals surface area contributed by atoms with Crippen molar-refractivity contribution in [3.63, 3.8) is 0 Å². The SMILES string of the molecule is NCc1ccc(C(=O)N(CCO)C2CCS(=O)(=O)C2)o1. The van der Waals surface area contributed by atoms with Crippen LogP contribution in [-0.2, 0) is 16.4 Å². The molecule has 8 heteroatoms. The van der Waals surface area contributed by atoms with Crippen LogP contribution in [0.15, 0.2) is 16.5 Å². The Balaban J connectivity index is 2.18. The van der Waals surface area contributed by atoms with Gasteiger partial charge in [0.1, 0.15) is 5.76 Å². The van der Waals surface area contributed by atoms with Crippen molar-refractivity contribution < 1.29 is 22.7 Å². The molecule has 0 saturated carbocycles. The van der Waals surface area contributed by atoms with E-state index in [0.717, 1.165) is 0 Å². The molecule has 2 rings (SSSR count). The van der Waals surface area contributed by atoms with Gasteiger partial charge in [-0.1, -0.05) is 0 Å². The second-order valence-electron chi connectivity index (χ2n) is 4.75. The van der Waals surface area contributed by atoms with E-state index < -0.39 is 21.8 Å². The number of carbonyl (C=O) groups excluding carboxylic acids is 1. The van der Waals surface area contributed by atoms with Crippen LogP contribution in [0.2, 0.25) is 0 Å². The molecule has 1 atom stereocenters. The van der Waals surface area contributed by atoms with Crippen LogP contribution in [0.25, 0.3) is 0 Å². The average Bonchev–Trinajstić information content (AvgIpc) is 3.01. The molecule has 1 aromatic rings. The monoisotopic (exact) mass is 302 g/mol. The van der Waals surface area contributed by atoms with Crippen LogP contribution in [0.3, 0.4) is 0 Å². The Hall–Kier alpha value is -1.38. The fourth-order valence-electron chi connectivity index (χ4n) is 2.32. The van der Waals surface area contributed by atoms with E-state index in [-0.39, 0.29) is 37.0 Å². The number of nitrogens with zero attached hydrogens (tertiary/aromatic N) is 1. The third-order valence-corrected chi connectivity index (χ3v) is 5.07. The predicted molar refractivity (Wildman–Crippen MR) is 71.8 cm³/mol. The Bertz CT molecular complexity index is 580. The summed E-state index contributed by atoms with van der Waals surface area (Å²) in [6, 6.07) is 2.71. The van der Waals surface area contributed by atoms with E-state index >= 15 is 0 Å². The number of aliphatic hydroxyl groups excluding tert-OH is 1. The molecule has 1 aliphatic heterocycles. The minimum atomic E-state index is -3.10. The van der Waals surface area contributed by atoms with Gasteiger partial charge in [0.05, 0.1) is 24.7 Å². The van der Waals surface area contributed by atoms with Crippen molar-refractivity contribution in [2.45, 2.75) is 19.0 Å². The third kappa shape index (κ3) is 3.20. The van der Waals surface area contributed by atoms with Crippen LogP contribution in [0.5, 0.6) is 0 Å². The minimum absolute atomic E-state index is 0.0663. The van der Waals surface area contributed by atoms with Gasteiger partial charge in [0.15, 0.2) is 15.6 Å². The minimum Gasteiger partial charge on any atom is -0.455 e. The van der Waals surface area contributed by atoms with E-state index in [4.69, 9.17) is 15.3 Å². The fraction of sp³-hybridized carbons (Fsp3) is 0.583. The topological polar surface area (TPSA) is 114 Å². The van der Waals surface area contributed by atoms with Gasteiger partial charge in [0, 0.05) is 12.6 Å². The van der Waals surface area contributed by atoms with Crippen molar-refractivity contribution in [2.75, 3.05) is 24.7 Å². The third-order valence-electron chi connectivity index (χ3n) is 3.32. The lowest BCUT2D eigenvalue weighted by Crippen LogP contribution is -2.42. The van der Waals surface area contributed by atoms with Gasteiger partial charge in [0.25, 0.3) is 5.91 Å². The molecule has 20 heavy (non-hydrogen) atoms. The Morgan fingerprint density at radius 2 is 2.25 bits per heavy atom. The van der Waals surface area contributed by atoms with Crippen LogP contribution in [0.4, 0.5) is 0 Å². The molecular formula is C12H18N2O5S. The first-order chi connectivity index (χ1) is 9.46. The van der Waals surface area contributed by atoms with Crippen LogP contribution >= 0.6 is 0 Å². The normalized spacial score (nSPS) is 21.0. The molecule has 0 radical (unpaired) electrons. The van der Waals surface area contributed by atoms with Crippen molar-refractivity contribution in [3.8, 4) is 0 Å². The standard InChI is InChI=1S/C12H18N2O5S/c13-7-10-1-2-11(19-10)12(16)14(4-5-15)9-3-6-20(17,18)8-9/h1-2,9,15H,3-8,13H2.